The molecule has 5 rings (SSSR count). The lowest BCUT2D eigenvalue weighted by atomic mass is 10.1. The Hall–Kier alpha value is -4.88. The van der Waals surface area contributed by atoms with Gasteiger partial charge in [-0.2, -0.15) is 0 Å². The van der Waals surface area contributed by atoms with Gasteiger partial charge in [0.1, 0.15) is 5.69 Å². The van der Waals surface area contributed by atoms with E-state index in [2.05, 4.69) is 26.8 Å². The van der Waals surface area contributed by atoms with E-state index in [4.69, 9.17) is 4.74 Å². The second-order valence-corrected chi connectivity index (χ2v) is 8.44. The molecule has 1 amide bonds. The van der Waals surface area contributed by atoms with Crippen molar-refractivity contribution in [2.45, 2.75) is 6.54 Å². The van der Waals surface area contributed by atoms with Crippen LogP contribution >= 0.6 is 0 Å². The highest BCUT2D eigenvalue weighted by molar-refractivity contribution is 5.94. The SMILES string of the molecule is O=C(c1ccc(C#Cc2ccc(-c3cn(Cc4nc[nH]c(=O)c4O)c(=O)[nH]3)cc2)cc1)N1CCOCC1. The van der Waals surface area contributed by atoms with E-state index in [9.17, 15) is 19.5 Å². The van der Waals surface area contributed by atoms with Gasteiger partial charge in [-0.15, -0.1) is 0 Å². The van der Waals surface area contributed by atoms with Crippen LogP contribution in [0.15, 0.2) is 70.6 Å². The third kappa shape index (κ3) is 5.37. The number of carbonyl (C=O) groups is 1. The average Bonchev–Trinajstić information content (AvgIpc) is 3.30. The lowest BCUT2D eigenvalue weighted by Crippen LogP contribution is -2.40. The fraction of sp³-hybridized carbons (Fsp3) is 0.185. The Balaban J connectivity index is 1.26. The average molecular weight is 498 g/mol. The fourth-order valence-electron chi connectivity index (χ4n) is 3.93. The zero-order valence-electron chi connectivity index (χ0n) is 19.7. The van der Waals surface area contributed by atoms with Gasteiger partial charge in [0.15, 0.2) is 0 Å². The predicted octanol–water partition coefficient (Wildman–Crippen LogP) is 1.55. The van der Waals surface area contributed by atoms with Gasteiger partial charge in [0.25, 0.3) is 11.5 Å². The summed E-state index contributed by atoms with van der Waals surface area (Å²) in [5, 5.41) is 9.86. The minimum Gasteiger partial charge on any atom is -0.502 e. The molecule has 1 aliphatic heterocycles. The van der Waals surface area contributed by atoms with Crippen molar-refractivity contribution in [3.63, 3.8) is 0 Å². The van der Waals surface area contributed by atoms with Crippen LogP contribution in [0.25, 0.3) is 11.3 Å². The molecule has 1 saturated heterocycles. The van der Waals surface area contributed by atoms with Crippen molar-refractivity contribution in [2.75, 3.05) is 26.3 Å². The van der Waals surface area contributed by atoms with Crippen LogP contribution in [0, 0.1) is 11.8 Å². The van der Waals surface area contributed by atoms with Gasteiger partial charge in [0.05, 0.1) is 31.8 Å². The molecule has 10 heteroatoms. The summed E-state index contributed by atoms with van der Waals surface area (Å²) in [4.78, 5) is 47.2. The number of ether oxygens (including phenoxy) is 1. The highest BCUT2D eigenvalue weighted by Gasteiger charge is 2.18. The number of hydrogen-bond donors (Lipinski definition) is 3. The first-order valence-electron chi connectivity index (χ1n) is 11.6. The predicted molar refractivity (Wildman–Crippen MR) is 135 cm³/mol. The van der Waals surface area contributed by atoms with Gasteiger partial charge in [-0.1, -0.05) is 24.0 Å². The molecule has 0 spiro atoms. The highest BCUT2D eigenvalue weighted by Crippen LogP contribution is 2.17. The standard InChI is InChI=1S/C27H23N5O5/c33-24-23(28-17-29-25(24)34)16-32-15-22(30-27(32)36)20-7-3-18(4-8-20)1-2-19-5-9-21(10-6-19)26(35)31-11-13-37-14-12-31/h3-10,15,17,33H,11-14,16H2,(H,30,36)(H,28,29,34). The molecule has 0 saturated carbocycles. The van der Waals surface area contributed by atoms with E-state index in [1.807, 2.05) is 36.4 Å². The molecule has 10 nitrogen and oxygen atoms in total. The number of hydrogen-bond acceptors (Lipinski definition) is 6. The summed E-state index contributed by atoms with van der Waals surface area (Å²) in [7, 11) is 0. The van der Waals surface area contributed by atoms with Gasteiger partial charge in [0, 0.05) is 36.0 Å². The molecule has 2 aromatic carbocycles. The molecule has 4 aromatic rings. The van der Waals surface area contributed by atoms with Gasteiger partial charge in [-0.3, -0.25) is 14.2 Å². The van der Waals surface area contributed by atoms with E-state index < -0.39 is 17.0 Å². The first-order valence-corrected chi connectivity index (χ1v) is 11.6. The first-order chi connectivity index (χ1) is 18.0. The van der Waals surface area contributed by atoms with Crippen molar-refractivity contribution in [2.24, 2.45) is 0 Å². The molecule has 0 atom stereocenters. The number of rotatable bonds is 4. The second-order valence-electron chi connectivity index (χ2n) is 8.44. The number of aromatic nitrogens is 4. The van der Waals surface area contributed by atoms with E-state index in [1.54, 1.807) is 23.2 Å². The third-order valence-corrected chi connectivity index (χ3v) is 5.99. The molecule has 0 aliphatic carbocycles. The molecule has 0 bridgehead atoms. The van der Waals surface area contributed by atoms with E-state index in [0.29, 0.717) is 37.6 Å². The number of benzene rings is 2. The number of aromatic hydroxyl groups is 1. The highest BCUT2D eigenvalue weighted by atomic mass is 16.5. The summed E-state index contributed by atoms with van der Waals surface area (Å²) >= 11 is 0. The van der Waals surface area contributed by atoms with Crippen molar-refractivity contribution in [3.05, 3.63) is 104 Å². The molecule has 1 aliphatic rings. The topological polar surface area (TPSA) is 133 Å². The number of amides is 1. The minimum atomic E-state index is -0.664. The van der Waals surface area contributed by atoms with Crippen LogP contribution in [0.4, 0.5) is 0 Å². The molecular weight excluding hydrogens is 474 g/mol. The van der Waals surface area contributed by atoms with Crippen LogP contribution in [0.5, 0.6) is 5.75 Å². The lowest BCUT2D eigenvalue weighted by Gasteiger charge is -2.26. The van der Waals surface area contributed by atoms with Gasteiger partial charge in [0.2, 0.25) is 5.75 Å². The van der Waals surface area contributed by atoms with Crippen molar-refractivity contribution >= 4 is 5.91 Å². The maximum absolute atomic E-state index is 12.6. The third-order valence-electron chi connectivity index (χ3n) is 5.99. The lowest BCUT2D eigenvalue weighted by molar-refractivity contribution is 0.0303. The molecule has 2 aromatic heterocycles. The summed E-state index contributed by atoms with van der Waals surface area (Å²) < 4.78 is 6.63. The molecule has 3 heterocycles. The molecular formula is C27H23N5O5. The first kappa shape index (κ1) is 23.8. The number of H-pyrrole nitrogens is 2. The van der Waals surface area contributed by atoms with Gasteiger partial charge in [-0.25, -0.2) is 9.78 Å². The zero-order valence-corrected chi connectivity index (χ0v) is 19.7. The van der Waals surface area contributed by atoms with Crippen LogP contribution in [-0.4, -0.2) is 61.7 Å². The van der Waals surface area contributed by atoms with Crippen LogP contribution in [-0.2, 0) is 11.3 Å². The van der Waals surface area contributed by atoms with Crippen LogP contribution in [0.2, 0.25) is 0 Å². The van der Waals surface area contributed by atoms with Crippen LogP contribution in [0.1, 0.15) is 27.2 Å². The number of nitrogens with zero attached hydrogens (tertiary/aromatic N) is 3. The Morgan fingerprint density at radius 1 is 1.00 bits per heavy atom. The number of aromatic amines is 2. The summed E-state index contributed by atoms with van der Waals surface area (Å²) in [5.41, 5.74) is 2.60. The van der Waals surface area contributed by atoms with Crippen molar-refractivity contribution in [1.82, 2.24) is 24.4 Å². The Morgan fingerprint density at radius 2 is 1.65 bits per heavy atom. The Morgan fingerprint density at radius 3 is 2.32 bits per heavy atom. The zero-order chi connectivity index (χ0) is 25.8. The quantitative estimate of drug-likeness (QED) is 0.367. The minimum absolute atomic E-state index is 0.00392. The molecule has 37 heavy (non-hydrogen) atoms. The van der Waals surface area contributed by atoms with Crippen LogP contribution < -0.4 is 11.2 Å². The van der Waals surface area contributed by atoms with E-state index in [0.717, 1.165) is 16.7 Å². The molecule has 186 valence electrons. The molecule has 3 N–H and O–H groups in total. The summed E-state index contributed by atoms with van der Waals surface area (Å²) in [6.07, 6.45) is 2.78. The smallest absolute Gasteiger partial charge is 0.326 e. The summed E-state index contributed by atoms with van der Waals surface area (Å²) in [5.74, 6) is 5.69. The monoisotopic (exact) mass is 497 g/mol. The molecule has 0 unspecified atom stereocenters. The number of carbonyl (C=O) groups excluding carboxylic acids is 1. The van der Waals surface area contributed by atoms with Crippen molar-refractivity contribution < 1.29 is 14.6 Å². The largest absolute Gasteiger partial charge is 0.502 e. The number of imidazole rings is 1. The van der Waals surface area contributed by atoms with Gasteiger partial charge in [-0.05, 0) is 42.0 Å². The Bertz CT molecular complexity index is 1600. The van der Waals surface area contributed by atoms with Crippen molar-refractivity contribution in [1.29, 1.82) is 0 Å². The second kappa shape index (κ2) is 10.4. The van der Waals surface area contributed by atoms with Gasteiger partial charge < -0.3 is 24.7 Å². The number of nitrogens with one attached hydrogen (secondary N) is 2. The Labute approximate surface area is 211 Å². The maximum Gasteiger partial charge on any atom is 0.326 e. The fourth-order valence-corrected chi connectivity index (χ4v) is 3.93. The Kier molecular flexibility index (Phi) is 6.70. The number of morpholine rings is 1. The van der Waals surface area contributed by atoms with E-state index in [1.165, 1.54) is 10.9 Å². The maximum atomic E-state index is 12.6. The van der Waals surface area contributed by atoms with Crippen LogP contribution in [0.3, 0.4) is 0 Å². The van der Waals surface area contributed by atoms with Gasteiger partial charge >= 0.3 is 5.69 Å². The summed E-state index contributed by atoms with van der Waals surface area (Å²) in [6, 6.07) is 14.6. The molecule has 1 fully saturated rings. The molecule has 0 radical (unpaired) electrons. The van der Waals surface area contributed by atoms with E-state index in [-0.39, 0.29) is 18.1 Å². The summed E-state index contributed by atoms with van der Waals surface area (Å²) in [6.45, 7) is 2.28. The van der Waals surface area contributed by atoms with Crippen molar-refractivity contribution in [3.8, 4) is 28.8 Å². The van der Waals surface area contributed by atoms with E-state index >= 15 is 0 Å². The normalized spacial score (nSPS) is 13.1.